The number of nitrogens with zero attached hydrogens (tertiary/aromatic N) is 3. The minimum Gasteiger partial charge on any atom is -0.368 e. The summed E-state index contributed by atoms with van der Waals surface area (Å²) in [6, 6.07) is 4.93. The molecule has 27 heavy (non-hydrogen) atoms. The maximum atomic E-state index is 13.1. The Hall–Kier alpha value is -2.16. The molecule has 0 aliphatic carbocycles. The lowest BCUT2D eigenvalue weighted by molar-refractivity contribution is -0.137. The molecule has 1 aromatic rings. The van der Waals surface area contributed by atoms with Crippen molar-refractivity contribution in [2.45, 2.75) is 44.6 Å². The molecule has 3 heterocycles. The van der Waals surface area contributed by atoms with E-state index in [0.29, 0.717) is 23.6 Å². The Labute approximate surface area is 159 Å². The van der Waals surface area contributed by atoms with E-state index < -0.39 is 11.7 Å². The van der Waals surface area contributed by atoms with E-state index in [1.54, 1.807) is 16.0 Å². The smallest absolute Gasteiger partial charge is 0.368 e. The van der Waals surface area contributed by atoms with Crippen molar-refractivity contribution < 1.29 is 18.0 Å². The van der Waals surface area contributed by atoms with Crippen LogP contribution in [-0.2, 0) is 11.0 Å². The molecule has 2 unspecified atom stereocenters. The van der Waals surface area contributed by atoms with Crippen LogP contribution in [0.15, 0.2) is 40.6 Å². The van der Waals surface area contributed by atoms with Crippen LogP contribution in [0.4, 0.5) is 13.2 Å². The van der Waals surface area contributed by atoms with Gasteiger partial charge in [-0.1, -0.05) is 12.1 Å². The predicted octanol–water partition coefficient (Wildman–Crippen LogP) is 3.87. The van der Waals surface area contributed by atoms with Gasteiger partial charge in [0.25, 0.3) is 5.91 Å². The van der Waals surface area contributed by atoms with Gasteiger partial charge in [-0.15, -0.1) is 0 Å². The quantitative estimate of drug-likeness (QED) is 0.825. The van der Waals surface area contributed by atoms with Crippen LogP contribution in [0, 0.1) is 0 Å². The zero-order valence-electron chi connectivity index (χ0n) is 14.7. The molecule has 4 rings (SSSR count). The number of piperidine rings is 1. The van der Waals surface area contributed by atoms with Crippen molar-refractivity contribution in [3.05, 3.63) is 46.6 Å². The van der Waals surface area contributed by atoms with Gasteiger partial charge in [0.2, 0.25) is 0 Å². The summed E-state index contributed by atoms with van der Waals surface area (Å²) in [5.41, 5.74) is -0.160. The van der Waals surface area contributed by atoms with Crippen molar-refractivity contribution in [2.75, 3.05) is 6.54 Å². The molecule has 1 saturated heterocycles. The molecule has 0 bridgehead atoms. The molecule has 144 valence electrons. The summed E-state index contributed by atoms with van der Waals surface area (Å²) in [5.74, 6) is -0.218. The first kappa shape index (κ1) is 18.2. The van der Waals surface area contributed by atoms with Gasteiger partial charge in [0.1, 0.15) is 11.2 Å². The Bertz CT molecular complexity index is 823. The third-order valence-corrected chi connectivity index (χ3v) is 5.95. The number of carbonyl (C=O) groups is 1. The molecule has 3 aliphatic rings. The Morgan fingerprint density at radius 1 is 1.33 bits per heavy atom. The highest BCUT2D eigenvalue weighted by atomic mass is 32.2. The molecule has 0 radical (unpaired) electrons. The lowest BCUT2D eigenvalue weighted by Gasteiger charge is -2.36. The molecule has 0 aromatic heterocycles. The topological polar surface area (TPSA) is 47.9 Å². The number of hydrogen-bond acceptors (Lipinski definition) is 5. The zero-order valence-corrected chi connectivity index (χ0v) is 15.5. The highest BCUT2D eigenvalue weighted by Gasteiger charge is 2.38. The van der Waals surface area contributed by atoms with Crippen molar-refractivity contribution in [1.82, 2.24) is 15.2 Å². The maximum Gasteiger partial charge on any atom is 0.416 e. The summed E-state index contributed by atoms with van der Waals surface area (Å²) < 4.78 is 39.3. The van der Waals surface area contributed by atoms with Crippen LogP contribution in [0.1, 0.15) is 43.4 Å². The fourth-order valence-electron chi connectivity index (χ4n) is 3.60. The molecule has 9 heteroatoms. The van der Waals surface area contributed by atoms with E-state index in [1.807, 2.05) is 13.1 Å². The van der Waals surface area contributed by atoms with Gasteiger partial charge < -0.3 is 10.2 Å². The van der Waals surface area contributed by atoms with Crippen LogP contribution < -0.4 is 5.32 Å². The monoisotopic (exact) mass is 396 g/mol. The maximum absolute atomic E-state index is 13.1. The lowest BCUT2D eigenvalue weighted by Crippen LogP contribution is -2.41. The summed E-state index contributed by atoms with van der Waals surface area (Å²) in [5, 5.41) is 10.5. The molecule has 1 fully saturated rings. The predicted molar refractivity (Wildman–Crippen MR) is 97.3 cm³/mol. The average Bonchev–Trinajstić information content (AvgIpc) is 3.23. The number of rotatable bonds is 2. The number of likely N-dealkylation sites (tertiary alicyclic amines) is 1. The second kappa shape index (κ2) is 6.78. The summed E-state index contributed by atoms with van der Waals surface area (Å²) in [7, 11) is 0. The van der Waals surface area contributed by atoms with Gasteiger partial charge in [-0.3, -0.25) is 4.79 Å². The van der Waals surface area contributed by atoms with Gasteiger partial charge in [0.15, 0.2) is 5.04 Å². The number of carbonyl (C=O) groups excluding carboxylic acids is 1. The number of amides is 1. The van der Waals surface area contributed by atoms with Gasteiger partial charge >= 0.3 is 6.18 Å². The Morgan fingerprint density at radius 3 is 2.89 bits per heavy atom. The number of thioether (sulfide) groups is 1. The Balaban J connectivity index is 1.59. The molecule has 5 nitrogen and oxygen atoms in total. The highest BCUT2D eigenvalue weighted by Crippen LogP contribution is 2.38. The van der Waals surface area contributed by atoms with Crippen molar-refractivity contribution in [3.8, 4) is 0 Å². The Morgan fingerprint density at radius 2 is 2.15 bits per heavy atom. The second-order valence-corrected chi connectivity index (χ2v) is 7.82. The second-order valence-electron chi connectivity index (χ2n) is 6.81. The molecule has 3 aliphatic heterocycles. The van der Waals surface area contributed by atoms with Gasteiger partial charge in [-0.2, -0.15) is 18.3 Å². The number of alkyl halides is 3. The van der Waals surface area contributed by atoms with E-state index in [1.165, 1.54) is 17.8 Å². The third-order valence-electron chi connectivity index (χ3n) is 4.99. The SMILES string of the molecule is CC1NC=C2SC(C(=O)N3CCCCC3c3cccc(C(F)(F)F)c3)=NN21. The fraction of sp³-hybridized carbons (Fsp3) is 0.444. The largest absolute Gasteiger partial charge is 0.416 e. The standard InChI is InChI=1S/C18H19F3N4OS/c1-11-22-10-15-25(11)23-16(27-15)17(26)24-8-3-2-7-14(24)12-5-4-6-13(9-12)18(19,20)21/h4-6,9-11,14,22H,2-3,7-8H2,1H3. The van der Waals surface area contributed by atoms with Crippen LogP contribution in [0.3, 0.4) is 0 Å². The van der Waals surface area contributed by atoms with E-state index >= 15 is 0 Å². The third kappa shape index (κ3) is 3.40. The van der Waals surface area contributed by atoms with Crippen LogP contribution in [-0.4, -0.2) is 33.6 Å². The van der Waals surface area contributed by atoms with Crippen molar-refractivity contribution >= 4 is 22.7 Å². The number of benzene rings is 1. The fourth-order valence-corrected chi connectivity index (χ4v) is 4.55. The van der Waals surface area contributed by atoms with Crippen LogP contribution in [0.2, 0.25) is 0 Å². The van der Waals surface area contributed by atoms with Crippen LogP contribution in [0.5, 0.6) is 0 Å². The number of nitrogens with one attached hydrogen (secondary N) is 1. The van der Waals surface area contributed by atoms with Gasteiger partial charge in [-0.05, 0) is 55.6 Å². The molecule has 1 amide bonds. The molecule has 0 spiro atoms. The van der Waals surface area contributed by atoms with E-state index in [9.17, 15) is 18.0 Å². The van der Waals surface area contributed by atoms with Crippen LogP contribution in [0.25, 0.3) is 0 Å². The minimum absolute atomic E-state index is 0.0154. The summed E-state index contributed by atoms with van der Waals surface area (Å²) in [6.07, 6.45) is -0.231. The zero-order chi connectivity index (χ0) is 19.2. The number of halogens is 3. The van der Waals surface area contributed by atoms with Crippen molar-refractivity contribution in [3.63, 3.8) is 0 Å². The molecule has 2 atom stereocenters. The summed E-state index contributed by atoms with van der Waals surface area (Å²) in [4.78, 5) is 14.8. The first-order valence-electron chi connectivity index (χ1n) is 8.84. The molecule has 1 aromatic carbocycles. The van der Waals surface area contributed by atoms with Gasteiger partial charge in [0.05, 0.1) is 11.6 Å². The van der Waals surface area contributed by atoms with E-state index in [4.69, 9.17) is 0 Å². The van der Waals surface area contributed by atoms with E-state index in [2.05, 4.69) is 10.4 Å². The van der Waals surface area contributed by atoms with E-state index in [0.717, 1.165) is 30.0 Å². The lowest BCUT2D eigenvalue weighted by atomic mass is 9.94. The molecular formula is C18H19F3N4OS. The Kier molecular flexibility index (Phi) is 4.57. The average molecular weight is 396 g/mol. The summed E-state index contributed by atoms with van der Waals surface area (Å²) in [6.45, 7) is 2.46. The van der Waals surface area contributed by atoms with Crippen molar-refractivity contribution in [2.24, 2.45) is 5.10 Å². The van der Waals surface area contributed by atoms with Crippen molar-refractivity contribution in [1.29, 1.82) is 0 Å². The summed E-state index contributed by atoms with van der Waals surface area (Å²) >= 11 is 1.29. The molecule has 0 saturated carbocycles. The first-order chi connectivity index (χ1) is 12.8. The van der Waals surface area contributed by atoms with Crippen LogP contribution >= 0.6 is 11.8 Å². The van der Waals surface area contributed by atoms with Gasteiger partial charge in [0, 0.05) is 12.7 Å². The van der Waals surface area contributed by atoms with Gasteiger partial charge in [-0.25, -0.2) is 5.01 Å². The minimum atomic E-state index is -4.40. The number of hydrazone groups is 1. The highest BCUT2D eigenvalue weighted by molar-refractivity contribution is 8.19. The molecular weight excluding hydrogens is 377 g/mol. The normalized spacial score (nSPS) is 25.0. The number of hydrogen-bond donors (Lipinski definition) is 1. The molecule has 1 N–H and O–H groups in total. The number of fused-ring (bicyclic) bond motifs is 1. The van der Waals surface area contributed by atoms with E-state index in [-0.39, 0.29) is 18.1 Å². The first-order valence-corrected chi connectivity index (χ1v) is 9.66.